The van der Waals surface area contributed by atoms with E-state index in [4.69, 9.17) is 0 Å². The van der Waals surface area contributed by atoms with Gasteiger partial charge in [-0.25, -0.2) is 0 Å². The molecule has 1 aromatic rings. The summed E-state index contributed by atoms with van der Waals surface area (Å²) in [7, 11) is 0. The van der Waals surface area contributed by atoms with E-state index in [2.05, 4.69) is 5.32 Å². The molecule has 0 spiro atoms. The normalized spacial score (nSPS) is 22.7. The van der Waals surface area contributed by atoms with Gasteiger partial charge in [-0.05, 0) is 12.1 Å². The molecule has 1 fully saturated rings. The van der Waals surface area contributed by atoms with Crippen molar-refractivity contribution < 1.29 is 19.9 Å². The van der Waals surface area contributed by atoms with Crippen LogP contribution in [-0.4, -0.2) is 57.8 Å². The summed E-state index contributed by atoms with van der Waals surface area (Å²) in [5.74, 6) is -0.305. The van der Waals surface area contributed by atoms with Gasteiger partial charge < -0.3 is 15.5 Å². The fraction of sp³-hybridized carbons (Fsp3) is 0.417. The zero-order chi connectivity index (χ0) is 14.7. The van der Waals surface area contributed by atoms with Gasteiger partial charge in [0.25, 0.3) is 5.69 Å². The molecule has 0 saturated carbocycles. The van der Waals surface area contributed by atoms with Crippen LogP contribution < -0.4 is 5.32 Å². The standard InChI is InChI=1S/C12H15N3O5/c16-10-5-14(6-11(10)17)7-12(18)13-8-1-3-9(4-2-8)15(19)20/h1-4,10-11,16-17H,5-7H2,(H,13,18)/t10-,11+. The van der Waals surface area contributed by atoms with Crippen LogP contribution in [-0.2, 0) is 4.79 Å². The summed E-state index contributed by atoms with van der Waals surface area (Å²) < 4.78 is 0. The Morgan fingerprint density at radius 3 is 2.35 bits per heavy atom. The van der Waals surface area contributed by atoms with E-state index in [1.807, 2.05) is 0 Å². The Kier molecular flexibility index (Phi) is 4.28. The number of carbonyl (C=O) groups excluding carboxylic acids is 1. The van der Waals surface area contributed by atoms with Crippen molar-refractivity contribution in [3.8, 4) is 0 Å². The molecular weight excluding hydrogens is 266 g/mol. The van der Waals surface area contributed by atoms with Gasteiger partial charge in [-0.2, -0.15) is 0 Å². The maximum atomic E-state index is 11.8. The minimum atomic E-state index is -0.831. The molecule has 3 N–H and O–H groups in total. The van der Waals surface area contributed by atoms with E-state index in [1.54, 1.807) is 4.90 Å². The highest BCUT2D eigenvalue weighted by atomic mass is 16.6. The lowest BCUT2D eigenvalue weighted by Crippen LogP contribution is -2.32. The number of non-ortho nitro benzene ring substituents is 1. The van der Waals surface area contributed by atoms with Gasteiger partial charge in [0.1, 0.15) is 0 Å². The molecule has 0 radical (unpaired) electrons. The number of hydrogen-bond donors (Lipinski definition) is 3. The second kappa shape index (κ2) is 5.95. The third-order valence-electron chi connectivity index (χ3n) is 3.06. The predicted molar refractivity (Wildman–Crippen MR) is 70.2 cm³/mol. The summed E-state index contributed by atoms with van der Waals surface area (Å²) in [6.07, 6.45) is -1.66. The van der Waals surface area contributed by atoms with Crippen molar-refractivity contribution in [3.05, 3.63) is 34.4 Å². The zero-order valence-corrected chi connectivity index (χ0v) is 10.6. The first kappa shape index (κ1) is 14.4. The van der Waals surface area contributed by atoms with Crippen LogP contribution in [0.2, 0.25) is 0 Å². The van der Waals surface area contributed by atoms with Crippen molar-refractivity contribution in [3.63, 3.8) is 0 Å². The molecule has 1 aromatic carbocycles. The summed E-state index contributed by atoms with van der Waals surface area (Å²) >= 11 is 0. The van der Waals surface area contributed by atoms with E-state index in [-0.39, 0.29) is 31.2 Å². The third kappa shape index (κ3) is 3.50. The summed E-state index contributed by atoms with van der Waals surface area (Å²) in [4.78, 5) is 23.4. The van der Waals surface area contributed by atoms with E-state index < -0.39 is 17.1 Å². The number of anilines is 1. The van der Waals surface area contributed by atoms with Crippen molar-refractivity contribution in [2.24, 2.45) is 0 Å². The molecule has 0 aliphatic carbocycles. The summed E-state index contributed by atoms with van der Waals surface area (Å²) in [5.41, 5.74) is 0.412. The van der Waals surface area contributed by atoms with Crippen LogP contribution in [0.15, 0.2) is 24.3 Å². The van der Waals surface area contributed by atoms with Crippen LogP contribution in [0, 0.1) is 10.1 Å². The third-order valence-corrected chi connectivity index (χ3v) is 3.06. The number of likely N-dealkylation sites (tertiary alicyclic amines) is 1. The molecule has 8 nitrogen and oxygen atoms in total. The first-order chi connectivity index (χ1) is 9.45. The van der Waals surface area contributed by atoms with Gasteiger partial charge in [-0.3, -0.25) is 19.8 Å². The topological polar surface area (TPSA) is 116 Å². The van der Waals surface area contributed by atoms with E-state index in [0.29, 0.717) is 5.69 Å². The number of aliphatic hydroxyl groups is 2. The average Bonchev–Trinajstić information content (AvgIpc) is 2.68. The molecule has 2 rings (SSSR count). The molecule has 1 saturated heterocycles. The summed E-state index contributed by atoms with van der Waals surface area (Å²) in [5, 5.41) is 31.8. The number of nitrogens with one attached hydrogen (secondary N) is 1. The number of hydrogen-bond acceptors (Lipinski definition) is 6. The quantitative estimate of drug-likeness (QED) is 0.509. The Bertz CT molecular complexity index is 494. The minimum absolute atomic E-state index is 0.0467. The number of carbonyl (C=O) groups is 1. The smallest absolute Gasteiger partial charge is 0.269 e. The number of nitrogens with zero attached hydrogens (tertiary/aromatic N) is 2. The first-order valence-corrected chi connectivity index (χ1v) is 6.08. The van der Waals surface area contributed by atoms with Gasteiger partial charge in [0, 0.05) is 30.9 Å². The van der Waals surface area contributed by atoms with Gasteiger partial charge >= 0.3 is 0 Å². The number of β-amino-alcohol motifs (C(OH)–C–C–N with tert-alkyl or cyclic N) is 2. The van der Waals surface area contributed by atoms with Crippen LogP contribution >= 0.6 is 0 Å². The van der Waals surface area contributed by atoms with E-state index >= 15 is 0 Å². The number of nitro groups is 1. The zero-order valence-electron chi connectivity index (χ0n) is 10.6. The maximum absolute atomic E-state index is 11.8. The lowest BCUT2D eigenvalue weighted by Gasteiger charge is -2.14. The predicted octanol–water partition coefficient (Wildman–Crippen LogP) is -0.429. The largest absolute Gasteiger partial charge is 0.389 e. The molecule has 2 atom stereocenters. The van der Waals surface area contributed by atoms with Gasteiger partial charge in [-0.15, -0.1) is 0 Å². The van der Waals surface area contributed by atoms with Gasteiger partial charge in [0.15, 0.2) is 0 Å². The SMILES string of the molecule is O=C(CN1C[C@@H](O)[C@@H](O)C1)Nc1ccc([N+](=O)[O-])cc1. The van der Waals surface area contributed by atoms with Crippen molar-refractivity contribution >= 4 is 17.3 Å². The van der Waals surface area contributed by atoms with E-state index in [9.17, 15) is 25.1 Å². The Balaban J connectivity index is 1.87. The minimum Gasteiger partial charge on any atom is -0.389 e. The van der Waals surface area contributed by atoms with Crippen molar-refractivity contribution in [2.75, 3.05) is 25.0 Å². The number of aliphatic hydroxyl groups excluding tert-OH is 2. The molecule has 0 unspecified atom stereocenters. The molecule has 0 bridgehead atoms. The molecular formula is C12H15N3O5. The van der Waals surface area contributed by atoms with Crippen LogP contribution in [0.25, 0.3) is 0 Å². The highest BCUT2D eigenvalue weighted by Crippen LogP contribution is 2.15. The van der Waals surface area contributed by atoms with Crippen LogP contribution in [0.4, 0.5) is 11.4 Å². The van der Waals surface area contributed by atoms with Crippen LogP contribution in [0.3, 0.4) is 0 Å². The molecule has 20 heavy (non-hydrogen) atoms. The Hall–Kier alpha value is -2.03. The Morgan fingerprint density at radius 2 is 1.85 bits per heavy atom. The molecule has 1 aliphatic rings. The second-order valence-corrected chi connectivity index (χ2v) is 4.68. The van der Waals surface area contributed by atoms with Crippen molar-refractivity contribution in [2.45, 2.75) is 12.2 Å². The molecule has 8 heteroatoms. The molecule has 0 aromatic heterocycles. The van der Waals surface area contributed by atoms with Gasteiger partial charge in [0.2, 0.25) is 5.91 Å². The van der Waals surface area contributed by atoms with Gasteiger partial charge in [-0.1, -0.05) is 0 Å². The monoisotopic (exact) mass is 281 g/mol. The second-order valence-electron chi connectivity index (χ2n) is 4.68. The number of rotatable bonds is 4. The number of nitro benzene ring substituents is 1. The fourth-order valence-electron chi connectivity index (χ4n) is 2.05. The highest BCUT2D eigenvalue weighted by molar-refractivity contribution is 5.92. The number of benzene rings is 1. The van der Waals surface area contributed by atoms with Crippen LogP contribution in [0.5, 0.6) is 0 Å². The maximum Gasteiger partial charge on any atom is 0.269 e. The Morgan fingerprint density at radius 1 is 1.30 bits per heavy atom. The number of amides is 1. The average molecular weight is 281 g/mol. The van der Waals surface area contributed by atoms with Crippen molar-refractivity contribution in [1.82, 2.24) is 4.90 Å². The summed E-state index contributed by atoms with van der Waals surface area (Å²) in [6.45, 7) is 0.537. The first-order valence-electron chi connectivity index (χ1n) is 6.08. The molecule has 1 amide bonds. The van der Waals surface area contributed by atoms with Crippen LogP contribution in [0.1, 0.15) is 0 Å². The molecule has 1 heterocycles. The van der Waals surface area contributed by atoms with E-state index in [0.717, 1.165) is 0 Å². The van der Waals surface area contributed by atoms with Crippen molar-refractivity contribution in [1.29, 1.82) is 0 Å². The van der Waals surface area contributed by atoms with E-state index in [1.165, 1.54) is 24.3 Å². The lowest BCUT2D eigenvalue weighted by atomic mass is 10.3. The van der Waals surface area contributed by atoms with Gasteiger partial charge in [0.05, 0.1) is 23.7 Å². The fourth-order valence-corrected chi connectivity index (χ4v) is 2.05. The molecule has 108 valence electrons. The lowest BCUT2D eigenvalue weighted by molar-refractivity contribution is -0.384. The highest BCUT2D eigenvalue weighted by Gasteiger charge is 2.30. The summed E-state index contributed by atoms with van der Waals surface area (Å²) in [6, 6.07) is 5.51. The molecule has 1 aliphatic heterocycles. The Labute approximate surface area is 114 Å².